The van der Waals surface area contributed by atoms with E-state index in [2.05, 4.69) is 48.4 Å². The molecule has 0 saturated heterocycles. The van der Waals surface area contributed by atoms with Gasteiger partial charge in [0.25, 0.3) is 0 Å². The molecule has 2 aromatic rings. The molecule has 1 aromatic carbocycles. The topological polar surface area (TPSA) is 50.9 Å². The van der Waals surface area contributed by atoms with Gasteiger partial charge in [0.15, 0.2) is 0 Å². The van der Waals surface area contributed by atoms with E-state index in [4.69, 9.17) is 0 Å². The summed E-state index contributed by atoms with van der Waals surface area (Å²) in [6.45, 7) is 5.03. The fourth-order valence-corrected chi connectivity index (χ4v) is 2.17. The van der Waals surface area contributed by atoms with Crippen LogP contribution in [0.15, 0.2) is 24.3 Å². The minimum absolute atomic E-state index is 0.0348. The summed E-state index contributed by atoms with van der Waals surface area (Å²) >= 11 is 0. The second kappa shape index (κ2) is 6.48. The van der Waals surface area contributed by atoms with Gasteiger partial charge in [-0.3, -0.25) is 0 Å². The van der Waals surface area contributed by atoms with Crippen molar-refractivity contribution in [1.29, 1.82) is 0 Å². The lowest BCUT2D eigenvalue weighted by Crippen LogP contribution is -2.07. The molecule has 1 N–H and O–H groups in total. The van der Waals surface area contributed by atoms with Gasteiger partial charge in [-0.2, -0.15) is 0 Å². The van der Waals surface area contributed by atoms with E-state index >= 15 is 0 Å². The fraction of sp³-hybridized carbons (Fsp3) is 0.467. The third kappa shape index (κ3) is 3.41. The zero-order valence-electron chi connectivity index (χ0n) is 11.6. The Morgan fingerprint density at radius 3 is 2.53 bits per heavy atom. The Morgan fingerprint density at radius 2 is 1.89 bits per heavy atom. The van der Waals surface area contributed by atoms with Crippen molar-refractivity contribution in [2.24, 2.45) is 0 Å². The van der Waals surface area contributed by atoms with Crippen LogP contribution >= 0.6 is 0 Å². The lowest BCUT2D eigenvalue weighted by molar-refractivity contribution is 0.275. The van der Waals surface area contributed by atoms with Gasteiger partial charge in [0.2, 0.25) is 0 Å². The van der Waals surface area contributed by atoms with Crippen molar-refractivity contribution in [2.75, 3.05) is 0 Å². The fourth-order valence-electron chi connectivity index (χ4n) is 2.17. The van der Waals surface area contributed by atoms with Gasteiger partial charge in [0.1, 0.15) is 5.69 Å². The van der Waals surface area contributed by atoms with Crippen LogP contribution in [0.4, 0.5) is 0 Å². The summed E-state index contributed by atoms with van der Waals surface area (Å²) in [5.41, 5.74) is 4.35. The zero-order valence-corrected chi connectivity index (χ0v) is 11.6. The molecule has 0 aliphatic rings. The van der Waals surface area contributed by atoms with E-state index in [1.807, 2.05) is 4.68 Å². The Morgan fingerprint density at radius 1 is 1.16 bits per heavy atom. The molecule has 0 fully saturated rings. The first-order valence-corrected chi connectivity index (χ1v) is 6.82. The van der Waals surface area contributed by atoms with Crippen LogP contribution in [0.2, 0.25) is 0 Å². The predicted octanol–water partition coefficient (Wildman–Crippen LogP) is 2.27. The highest BCUT2D eigenvalue weighted by atomic mass is 16.3. The molecule has 1 heterocycles. The Kier molecular flexibility index (Phi) is 4.68. The standard InChI is InChI=1S/C15H21N3O/c1-3-10-18-15(14(11-19)16-17-18)9-8-13-6-4-12(2)5-7-13/h4-7,19H,3,8-11H2,1-2H3. The van der Waals surface area contributed by atoms with Gasteiger partial charge in [-0.1, -0.05) is 42.0 Å². The van der Waals surface area contributed by atoms with Crippen molar-refractivity contribution in [3.63, 3.8) is 0 Å². The summed E-state index contributed by atoms with van der Waals surface area (Å²) in [5.74, 6) is 0. The number of aliphatic hydroxyl groups excluding tert-OH is 1. The van der Waals surface area contributed by atoms with Gasteiger partial charge in [-0.25, -0.2) is 4.68 Å². The number of nitrogens with zero attached hydrogens (tertiary/aromatic N) is 3. The number of aliphatic hydroxyl groups is 1. The van der Waals surface area contributed by atoms with Crippen molar-refractivity contribution >= 4 is 0 Å². The Labute approximate surface area is 114 Å². The van der Waals surface area contributed by atoms with E-state index in [1.165, 1.54) is 11.1 Å². The molecule has 19 heavy (non-hydrogen) atoms. The van der Waals surface area contributed by atoms with Gasteiger partial charge in [-0.05, 0) is 31.7 Å². The van der Waals surface area contributed by atoms with E-state index < -0.39 is 0 Å². The van der Waals surface area contributed by atoms with Gasteiger partial charge in [0, 0.05) is 6.54 Å². The third-order valence-electron chi connectivity index (χ3n) is 3.27. The summed E-state index contributed by atoms with van der Waals surface area (Å²) in [4.78, 5) is 0. The van der Waals surface area contributed by atoms with Crippen molar-refractivity contribution in [3.8, 4) is 0 Å². The highest BCUT2D eigenvalue weighted by Crippen LogP contribution is 2.12. The summed E-state index contributed by atoms with van der Waals surface area (Å²) in [5, 5.41) is 17.5. The van der Waals surface area contributed by atoms with Gasteiger partial charge in [0.05, 0.1) is 12.3 Å². The Balaban J connectivity index is 2.09. The first-order chi connectivity index (χ1) is 9.24. The first kappa shape index (κ1) is 13.7. The number of hydrogen-bond donors (Lipinski definition) is 1. The van der Waals surface area contributed by atoms with Crippen LogP contribution in [0, 0.1) is 6.92 Å². The molecule has 0 atom stereocenters. The molecule has 102 valence electrons. The molecule has 0 saturated carbocycles. The SMILES string of the molecule is CCCn1nnc(CO)c1CCc1ccc(C)cc1. The molecular formula is C15H21N3O. The van der Waals surface area contributed by atoms with Gasteiger partial charge < -0.3 is 5.11 Å². The lowest BCUT2D eigenvalue weighted by atomic mass is 10.1. The minimum Gasteiger partial charge on any atom is -0.390 e. The summed E-state index contributed by atoms with van der Waals surface area (Å²) in [7, 11) is 0. The van der Waals surface area contributed by atoms with Crippen LogP contribution in [0.25, 0.3) is 0 Å². The maximum absolute atomic E-state index is 9.32. The molecule has 0 unspecified atom stereocenters. The normalized spacial score (nSPS) is 10.9. The summed E-state index contributed by atoms with van der Waals surface area (Å²) < 4.78 is 1.92. The molecule has 0 bridgehead atoms. The number of rotatable bonds is 6. The quantitative estimate of drug-likeness (QED) is 0.866. The van der Waals surface area contributed by atoms with Crippen LogP contribution < -0.4 is 0 Å². The van der Waals surface area contributed by atoms with Crippen molar-refractivity contribution < 1.29 is 5.11 Å². The largest absolute Gasteiger partial charge is 0.390 e. The highest BCUT2D eigenvalue weighted by Gasteiger charge is 2.11. The van der Waals surface area contributed by atoms with Crippen molar-refractivity contribution in [2.45, 2.75) is 46.3 Å². The second-order valence-electron chi connectivity index (χ2n) is 4.85. The number of benzene rings is 1. The molecule has 0 amide bonds. The van der Waals surface area contributed by atoms with Crippen LogP contribution in [-0.2, 0) is 26.0 Å². The zero-order chi connectivity index (χ0) is 13.7. The first-order valence-electron chi connectivity index (χ1n) is 6.82. The van der Waals surface area contributed by atoms with E-state index in [0.717, 1.165) is 31.5 Å². The average molecular weight is 259 g/mol. The van der Waals surface area contributed by atoms with Crippen LogP contribution in [0.3, 0.4) is 0 Å². The Bertz CT molecular complexity index is 517. The highest BCUT2D eigenvalue weighted by molar-refractivity contribution is 5.22. The van der Waals surface area contributed by atoms with E-state index in [-0.39, 0.29) is 6.61 Å². The molecule has 0 spiro atoms. The van der Waals surface area contributed by atoms with E-state index in [0.29, 0.717) is 5.69 Å². The number of hydrogen-bond acceptors (Lipinski definition) is 3. The molecule has 0 aliphatic heterocycles. The van der Waals surface area contributed by atoms with Crippen molar-refractivity contribution in [1.82, 2.24) is 15.0 Å². The monoisotopic (exact) mass is 259 g/mol. The predicted molar refractivity (Wildman–Crippen MR) is 74.8 cm³/mol. The molecule has 0 aliphatic carbocycles. The third-order valence-corrected chi connectivity index (χ3v) is 3.27. The molecular weight excluding hydrogens is 238 g/mol. The average Bonchev–Trinajstić information content (AvgIpc) is 2.81. The maximum Gasteiger partial charge on any atom is 0.111 e. The second-order valence-corrected chi connectivity index (χ2v) is 4.85. The molecule has 1 aromatic heterocycles. The van der Waals surface area contributed by atoms with Gasteiger partial charge >= 0.3 is 0 Å². The maximum atomic E-state index is 9.32. The summed E-state index contributed by atoms with van der Waals surface area (Å²) in [6, 6.07) is 8.57. The molecule has 0 radical (unpaired) electrons. The number of aromatic nitrogens is 3. The lowest BCUT2D eigenvalue weighted by Gasteiger charge is -2.07. The van der Waals surface area contributed by atoms with E-state index in [9.17, 15) is 5.11 Å². The van der Waals surface area contributed by atoms with Crippen LogP contribution in [0.5, 0.6) is 0 Å². The molecule has 2 rings (SSSR count). The van der Waals surface area contributed by atoms with Crippen LogP contribution in [0.1, 0.15) is 35.9 Å². The summed E-state index contributed by atoms with van der Waals surface area (Å²) in [6.07, 6.45) is 2.84. The molecule has 4 heteroatoms. The number of aryl methyl sites for hydroxylation is 3. The minimum atomic E-state index is -0.0348. The van der Waals surface area contributed by atoms with Gasteiger partial charge in [-0.15, -0.1) is 5.10 Å². The van der Waals surface area contributed by atoms with Crippen molar-refractivity contribution in [3.05, 3.63) is 46.8 Å². The Hall–Kier alpha value is -1.68. The van der Waals surface area contributed by atoms with E-state index in [1.54, 1.807) is 0 Å². The smallest absolute Gasteiger partial charge is 0.111 e. The molecule has 4 nitrogen and oxygen atoms in total. The van der Waals surface area contributed by atoms with Crippen LogP contribution in [-0.4, -0.2) is 20.1 Å².